The molecule has 92 valence electrons. The Bertz CT molecular complexity index is 250. The Morgan fingerprint density at radius 2 is 1.25 bits per heavy atom. The number of piperazine rings is 1. The quantitative estimate of drug-likeness (QED) is 0.753. The van der Waals surface area contributed by atoms with E-state index in [0.29, 0.717) is 0 Å². The summed E-state index contributed by atoms with van der Waals surface area (Å²) < 4.78 is 0. The lowest BCUT2D eigenvalue weighted by molar-refractivity contribution is -0.139. The number of carbonyl (C=O) groups excluding carboxylic acids is 2. The van der Waals surface area contributed by atoms with Gasteiger partial charge in [0.2, 0.25) is 11.8 Å². The van der Waals surface area contributed by atoms with Crippen LogP contribution >= 0.6 is 0 Å². The summed E-state index contributed by atoms with van der Waals surface area (Å²) in [6.45, 7) is 8.00. The zero-order valence-corrected chi connectivity index (χ0v) is 10.5. The third kappa shape index (κ3) is 2.54. The molecule has 1 fully saturated rings. The Balaban J connectivity index is 2.71. The minimum absolute atomic E-state index is 0.0424. The lowest BCUT2D eigenvalue weighted by Gasteiger charge is -2.34. The maximum atomic E-state index is 11.8. The Morgan fingerprint density at radius 3 is 1.50 bits per heavy atom. The summed E-state index contributed by atoms with van der Waals surface area (Å²) in [6.07, 6.45) is 1.76. The van der Waals surface area contributed by atoms with Crippen molar-refractivity contribution < 1.29 is 9.59 Å². The van der Waals surface area contributed by atoms with Gasteiger partial charge in [-0.15, -0.1) is 0 Å². The first kappa shape index (κ1) is 13.0. The molecule has 1 saturated heterocycles. The van der Waals surface area contributed by atoms with Gasteiger partial charge >= 0.3 is 0 Å². The van der Waals surface area contributed by atoms with Gasteiger partial charge < -0.3 is 10.6 Å². The van der Waals surface area contributed by atoms with Gasteiger partial charge in [0.25, 0.3) is 0 Å². The fourth-order valence-electron chi connectivity index (χ4n) is 1.89. The second-order valence-electron chi connectivity index (χ2n) is 4.74. The fourth-order valence-corrected chi connectivity index (χ4v) is 1.89. The number of hydrogen-bond acceptors (Lipinski definition) is 2. The molecule has 0 radical (unpaired) electrons. The van der Waals surface area contributed by atoms with E-state index in [1.54, 1.807) is 0 Å². The topological polar surface area (TPSA) is 58.2 Å². The first-order valence-electron chi connectivity index (χ1n) is 6.12. The van der Waals surface area contributed by atoms with Gasteiger partial charge in [-0.1, -0.05) is 40.5 Å². The Kier molecular flexibility index (Phi) is 4.33. The molecule has 2 N–H and O–H groups in total. The monoisotopic (exact) mass is 226 g/mol. The molecule has 0 aliphatic carbocycles. The molecule has 4 heteroatoms. The minimum atomic E-state index is -0.363. The average molecular weight is 226 g/mol. The molecule has 0 bridgehead atoms. The summed E-state index contributed by atoms with van der Waals surface area (Å²) in [5.74, 6) is 0.280. The van der Waals surface area contributed by atoms with Crippen LogP contribution in [0.4, 0.5) is 0 Å². The van der Waals surface area contributed by atoms with E-state index in [-0.39, 0.29) is 35.7 Å². The van der Waals surface area contributed by atoms with Crippen LogP contribution in [-0.4, -0.2) is 23.9 Å². The molecule has 0 spiro atoms. The SMILES string of the molecule is CCC(C)[C@@H]1NC(=O)[C@H](C(C)CC)NC1=O. The maximum Gasteiger partial charge on any atom is 0.243 e. The molecule has 0 aromatic carbocycles. The molecule has 0 aromatic rings. The molecule has 2 amide bonds. The van der Waals surface area contributed by atoms with E-state index in [0.717, 1.165) is 12.8 Å². The second kappa shape index (κ2) is 5.32. The highest BCUT2D eigenvalue weighted by Crippen LogP contribution is 2.16. The van der Waals surface area contributed by atoms with Gasteiger partial charge in [0.05, 0.1) is 0 Å². The van der Waals surface area contributed by atoms with Gasteiger partial charge in [0, 0.05) is 0 Å². The van der Waals surface area contributed by atoms with Crippen molar-refractivity contribution in [3.05, 3.63) is 0 Å². The summed E-state index contributed by atoms with van der Waals surface area (Å²) in [5, 5.41) is 5.66. The lowest BCUT2D eigenvalue weighted by Crippen LogP contribution is -2.65. The molecule has 1 aliphatic rings. The third-order valence-electron chi connectivity index (χ3n) is 3.59. The van der Waals surface area contributed by atoms with E-state index in [9.17, 15) is 9.59 Å². The van der Waals surface area contributed by atoms with Crippen LogP contribution in [0, 0.1) is 11.8 Å². The average Bonchev–Trinajstić information content (AvgIpc) is 2.29. The van der Waals surface area contributed by atoms with E-state index < -0.39 is 0 Å². The molecule has 1 heterocycles. The Labute approximate surface area is 97.2 Å². The number of carbonyl (C=O) groups is 2. The van der Waals surface area contributed by atoms with E-state index in [1.165, 1.54) is 0 Å². The first-order chi connectivity index (χ1) is 7.51. The standard InChI is InChI=1S/C12H22N2O2/c1-5-7(3)9-11(15)14-10(8(4)6-2)12(16)13-9/h7-10H,5-6H2,1-4H3,(H,13,16)(H,14,15)/t7?,8?,9-,10-/m0/s1. The van der Waals surface area contributed by atoms with Crippen LogP contribution in [0.5, 0.6) is 0 Å². The summed E-state index contributed by atoms with van der Waals surface area (Å²) in [5.41, 5.74) is 0. The lowest BCUT2D eigenvalue weighted by atomic mass is 9.91. The van der Waals surface area contributed by atoms with Crippen molar-refractivity contribution in [1.29, 1.82) is 0 Å². The molecule has 2 unspecified atom stereocenters. The smallest absolute Gasteiger partial charge is 0.243 e. The van der Waals surface area contributed by atoms with Gasteiger partial charge in [-0.25, -0.2) is 0 Å². The predicted molar refractivity (Wildman–Crippen MR) is 62.8 cm³/mol. The van der Waals surface area contributed by atoms with Crippen LogP contribution < -0.4 is 10.6 Å². The zero-order valence-electron chi connectivity index (χ0n) is 10.5. The largest absolute Gasteiger partial charge is 0.342 e. The third-order valence-corrected chi connectivity index (χ3v) is 3.59. The van der Waals surface area contributed by atoms with E-state index in [2.05, 4.69) is 10.6 Å². The van der Waals surface area contributed by atoms with Crippen molar-refractivity contribution in [3.63, 3.8) is 0 Å². The van der Waals surface area contributed by atoms with Gasteiger partial charge in [0.15, 0.2) is 0 Å². The fraction of sp³-hybridized carbons (Fsp3) is 0.833. The first-order valence-corrected chi connectivity index (χ1v) is 6.12. The summed E-state index contributed by atoms with van der Waals surface area (Å²) >= 11 is 0. The van der Waals surface area contributed by atoms with Crippen molar-refractivity contribution in [2.75, 3.05) is 0 Å². The Morgan fingerprint density at radius 1 is 0.938 bits per heavy atom. The number of nitrogens with one attached hydrogen (secondary N) is 2. The van der Waals surface area contributed by atoms with Crippen molar-refractivity contribution in [2.24, 2.45) is 11.8 Å². The molecular formula is C12H22N2O2. The molecule has 4 atom stereocenters. The Hall–Kier alpha value is -1.06. The number of amides is 2. The van der Waals surface area contributed by atoms with Crippen molar-refractivity contribution in [3.8, 4) is 0 Å². The van der Waals surface area contributed by atoms with Crippen LogP contribution in [0.15, 0.2) is 0 Å². The molecule has 4 nitrogen and oxygen atoms in total. The van der Waals surface area contributed by atoms with Crippen LogP contribution in [0.2, 0.25) is 0 Å². The molecule has 0 aromatic heterocycles. The summed E-state index contributed by atoms with van der Waals surface area (Å²) in [6, 6.07) is -0.726. The normalized spacial score (nSPS) is 29.2. The highest BCUT2D eigenvalue weighted by molar-refractivity contribution is 5.97. The summed E-state index contributed by atoms with van der Waals surface area (Å²) in [7, 11) is 0. The molecule has 1 rings (SSSR count). The van der Waals surface area contributed by atoms with Gasteiger partial charge in [-0.3, -0.25) is 9.59 Å². The van der Waals surface area contributed by atoms with Gasteiger partial charge in [-0.2, -0.15) is 0 Å². The predicted octanol–water partition coefficient (Wildman–Crippen LogP) is 1.06. The van der Waals surface area contributed by atoms with E-state index in [4.69, 9.17) is 0 Å². The van der Waals surface area contributed by atoms with E-state index in [1.807, 2.05) is 27.7 Å². The summed E-state index contributed by atoms with van der Waals surface area (Å²) in [4.78, 5) is 23.7. The number of rotatable bonds is 4. The van der Waals surface area contributed by atoms with Crippen LogP contribution in [0.3, 0.4) is 0 Å². The minimum Gasteiger partial charge on any atom is -0.342 e. The molecule has 0 saturated carbocycles. The number of hydrogen-bond donors (Lipinski definition) is 2. The van der Waals surface area contributed by atoms with Crippen molar-refractivity contribution >= 4 is 11.8 Å². The van der Waals surface area contributed by atoms with Crippen molar-refractivity contribution in [2.45, 2.75) is 52.6 Å². The highest BCUT2D eigenvalue weighted by Gasteiger charge is 2.37. The zero-order chi connectivity index (χ0) is 12.3. The van der Waals surface area contributed by atoms with Gasteiger partial charge in [-0.05, 0) is 11.8 Å². The van der Waals surface area contributed by atoms with Gasteiger partial charge in [0.1, 0.15) is 12.1 Å². The molecule has 16 heavy (non-hydrogen) atoms. The maximum absolute atomic E-state index is 11.8. The van der Waals surface area contributed by atoms with Crippen LogP contribution in [-0.2, 0) is 9.59 Å². The highest BCUT2D eigenvalue weighted by atomic mass is 16.2. The van der Waals surface area contributed by atoms with E-state index >= 15 is 0 Å². The van der Waals surface area contributed by atoms with Crippen molar-refractivity contribution in [1.82, 2.24) is 10.6 Å². The van der Waals surface area contributed by atoms with Crippen LogP contribution in [0.25, 0.3) is 0 Å². The molecule has 1 aliphatic heterocycles. The molecular weight excluding hydrogens is 204 g/mol. The van der Waals surface area contributed by atoms with Crippen LogP contribution in [0.1, 0.15) is 40.5 Å². The second-order valence-corrected chi connectivity index (χ2v) is 4.74.